The lowest BCUT2D eigenvalue weighted by Crippen LogP contribution is -2.43. The Kier molecular flexibility index (Phi) is 4.64. The fourth-order valence-electron chi connectivity index (χ4n) is 3.96. The molecule has 2 aliphatic rings. The van der Waals surface area contributed by atoms with Crippen LogP contribution < -0.4 is 11.1 Å². The summed E-state index contributed by atoms with van der Waals surface area (Å²) < 4.78 is 6.46. The number of carbonyl (C=O) groups excluding carboxylic acids is 1. The molecule has 150 valence electrons. The lowest BCUT2D eigenvalue weighted by molar-refractivity contribution is 0.0171. The Morgan fingerprint density at radius 2 is 2.04 bits per heavy atom. The first-order valence-electron chi connectivity index (χ1n) is 9.62. The third-order valence-electron chi connectivity index (χ3n) is 5.59. The second kappa shape index (κ2) is 6.76. The number of nitrogens with zero attached hydrogens (tertiary/aromatic N) is 3. The summed E-state index contributed by atoms with van der Waals surface area (Å²) in [6.07, 6.45) is 2.80. The molecule has 1 unspecified atom stereocenters. The molecule has 8 heteroatoms. The summed E-state index contributed by atoms with van der Waals surface area (Å²) in [6.45, 7) is 7.15. The number of fused-ring (bicyclic) bond motifs is 1. The number of hydrogen-bond acceptors (Lipinski definition) is 6. The Bertz CT molecular complexity index is 913. The maximum Gasteiger partial charge on any atom is 0.410 e. The van der Waals surface area contributed by atoms with Crippen LogP contribution in [0.15, 0.2) is 22.7 Å². The molecule has 28 heavy (non-hydrogen) atoms. The van der Waals surface area contributed by atoms with Gasteiger partial charge >= 0.3 is 6.09 Å². The smallest absolute Gasteiger partial charge is 0.410 e. The number of hydrogen-bond donors (Lipinski definition) is 2. The number of amides is 1. The number of carbonyl (C=O) groups is 1. The van der Waals surface area contributed by atoms with Gasteiger partial charge in [-0.05, 0) is 63.6 Å². The Morgan fingerprint density at radius 1 is 1.32 bits per heavy atom. The van der Waals surface area contributed by atoms with Crippen molar-refractivity contribution in [2.45, 2.75) is 51.7 Å². The minimum absolute atomic E-state index is 0.215. The third kappa shape index (κ3) is 3.87. The van der Waals surface area contributed by atoms with E-state index in [2.05, 4.69) is 31.2 Å². The minimum Gasteiger partial charge on any atom is -0.444 e. The van der Waals surface area contributed by atoms with Gasteiger partial charge in [-0.1, -0.05) is 15.9 Å². The van der Waals surface area contributed by atoms with E-state index in [0.717, 1.165) is 53.5 Å². The molecule has 0 bridgehead atoms. The predicted molar refractivity (Wildman–Crippen MR) is 113 cm³/mol. The van der Waals surface area contributed by atoms with E-state index in [-0.39, 0.29) is 17.5 Å². The molecule has 1 aliphatic carbocycles. The number of piperidine rings is 1. The molecule has 0 radical (unpaired) electrons. The molecule has 1 atom stereocenters. The number of nitrogen functional groups attached to an aromatic ring is 1. The zero-order valence-electron chi connectivity index (χ0n) is 16.5. The van der Waals surface area contributed by atoms with Crippen LogP contribution in [0.5, 0.6) is 0 Å². The average Bonchev–Trinajstić information content (AvgIpc) is 3.24. The summed E-state index contributed by atoms with van der Waals surface area (Å²) >= 11 is 3.47. The van der Waals surface area contributed by atoms with E-state index in [9.17, 15) is 4.79 Å². The minimum atomic E-state index is -0.459. The van der Waals surface area contributed by atoms with Gasteiger partial charge in [-0.15, -0.1) is 0 Å². The van der Waals surface area contributed by atoms with Crippen LogP contribution >= 0.6 is 15.9 Å². The largest absolute Gasteiger partial charge is 0.444 e. The van der Waals surface area contributed by atoms with E-state index in [1.165, 1.54) is 0 Å². The number of anilines is 2. The summed E-state index contributed by atoms with van der Waals surface area (Å²) in [5, 5.41) is 4.54. The molecule has 3 N–H and O–H groups in total. The quantitative estimate of drug-likeness (QED) is 0.716. The number of rotatable bonds is 2. The van der Waals surface area contributed by atoms with Crippen LogP contribution in [-0.2, 0) is 4.74 Å². The maximum atomic E-state index is 12.3. The van der Waals surface area contributed by atoms with Gasteiger partial charge in [-0.2, -0.15) is 4.98 Å². The molecule has 1 amide bonds. The van der Waals surface area contributed by atoms with Crippen LogP contribution in [0.3, 0.4) is 0 Å². The maximum absolute atomic E-state index is 12.3. The van der Waals surface area contributed by atoms with Crippen LogP contribution in [0.1, 0.15) is 40.0 Å². The van der Waals surface area contributed by atoms with Crippen LogP contribution in [0.2, 0.25) is 0 Å². The molecule has 1 aromatic heterocycles. The topological polar surface area (TPSA) is 93.4 Å². The monoisotopic (exact) mass is 447 g/mol. The molecule has 4 rings (SSSR count). The first-order chi connectivity index (χ1) is 13.2. The molecule has 1 saturated carbocycles. The van der Waals surface area contributed by atoms with Crippen molar-refractivity contribution in [2.75, 3.05) is 24.1 Å². The first kappa shape index (κ1) is 19.2. The molecule has 1 saturated heterocycles. The predicted octanol–water partition coefficient (Wildman–Crippen LogP) is 4.18. The van der Waals surface area contributed by atoms with E-state index in [1.807, 2.05) is 43.9 Å². The number of nitrogens with two attached hydrogens (primary N) is 1. The van der Waals surface area contributed by atoms with Crippen LogP contribution in [0.25, 0.3) is 10.9 Å². The molecule has 2 aromatic rings. The van der Waals surface area contributed by atoms with E-state index >= 15 is 0 Å². The van der Waals surface area contributed by atoms with E-state index in [1.54, 1.807) is 0 Å². The van der Waals surface area contributed by atoms with Gasteiger partial charge in [0.1, 0.15) is 11.4 Å². The van der Waals surface area contributed by atoms with Crippen molar-refractivity contribution in [3.63, 3.8) is 0 Å². The SMILES string of the molecule is CC(C)(C)OC(=O)N1CCC2(CC1)CC2Nc1nc(N)nc2cc(Br)ccc12. The Labute approximate surface area is 173 Å². The van der Waals surface area contributed by atoms with Crippen molar-refractivity contribution in [3.05, 3.63) is 22.7 Å². The lowest BCUT2D eigenvalue weighted by atomic mass is 9.93. The number of nitrogens with one attached hydrogen (secondary N) is 1. The molecular formula is C20H26BrN5O2. The highest BCUT2D eigenvalue weighted by molar-refractivity contribution is 9.10. The molecular weight excluding hydrogens is 422 g/mol. The summed E-state index contributed by atoms with van der Waals surface area (Å²) in [7, 11) is 0. The number of halogens is 1. The van der Waals surface area contributed by atoms with Crippen molar-refractivity contribution in [2.24, 2.45) is 5.41 Å². The van der Waals surface area contributed by atoms with Crippen molar-refractivity contribution in [3.8, 4) is 0 Å². The number of likely N-dealkylation sites (tertiary alicyclic amines) is 1. The Morgan fingerprint density at radius 3 is 2.71 bits per heavy atom. The van der Waals surface area contributed by atoms with Crippen molar-refractivity contribution < 1.29 is 9.53 Å². The summed E-state index contributed by atoms with van der Waals surface area (Å²) in [5.74, 6) is 1.05. The highest BCUT2D eigenvalue weighted by Crippen LogP contribution is 2.55. The van der Waals surface area contributed by atoms with Gasteiger partial charge in [0.25, 0.3) is 0 Å². The normalized spacial score (nSPS) is 21.0. The van der Waals surface area contributed by atoms with Gasteiger partial charge in [-0.3, -0.25) is 0 Å². The van der Waals surface area contributed by atoms with Crippen molar-refractivity contribution in [1.29, 1.82) is 0 Å². The second-order valence-corrected chi connectivity index (χ2v) is 9.74. The molecule has 2 fully saturated rings. The van der Waals surface area contributed by atoms with Gasteiger partial charge < -0.3 is 20.7 Å². The molecule has 7 nitrogen and oxygen atoms in total. The summed E-state index contributed by atoms with van der Waals surface area (Å²) in [6, 6.07) is 6.27. The number of ether oxygens (including phenoxy) is 1. The Balaban J connectivity index is 1.42. The highest BCUT2D eigenvalue weighted by atomic mass is 79.9. The molecule has 1 aliphatic heterocycles. The van der Waals surface area contributed by atoms with Crippen LogP contribution in [0.4, 0.5) is 16.6 Å². The second-order valence-electron chi connectivity index (χ2n) is 8.82. The van der Waals surface area contributed by atoms with Gasteiger partial charge in [0.2, 0.25) is 5.95 Å². The Hall–Kier alpha value is -2.09. The fraction of sp³-hybridized carbons (Fsp3) is 0.550. The summed E-state index contributed by atoms with van der Waals surface area (Å²) in [4.78, 5) is 22.9. The number of benzene rings is 1. The highest BCUT2D eigenvalue weighted by Gasteiger charge is 2.55. The van der Waals surface area contributed by atoms with Crippen LogP contribution in [0, 0.1) is 5.41 Å². The standard InChI is InChI=1S/C20H26BrN5O2/c1-19(2,3)28-18(27)26-8-6-20(7-9-26)11-15(20)24-16-13-5-4-12(21)10-14(13)23-17(22)25-16/h4-5,10,15H,6-9,11H2,1-3H3,(H3,22,23,24,25). The molecule has 1 aromatic carbocycles. The van der Waals surface area contributed by atoms with Crippen molar-refractivity contribution >= 4 is 44.7 Å². The zero-order chi connectivity index (χ0) is 20.1. The molecule has 2 heterocycles. The zero-order valence-corrected chi connectivity index (χ0v) is 18.0. The van der Waals surface area contributed by atoms with Gasteiger partial charge in [0.05, 0.1) is 5.52 Å². The van der Waals surface area contributed by atoms with E-state index in [4.69, 9.17) is 10.5 Å². The van der Waals surface area contributed by atoms with Gasteiger partial charge in [-0.25, -0.2) is 9.78 Å². The lowest BCUT2D eigenvalue weighted by Gasteiger charge is -2.34. The summed E-state index contributed by atoms with van der Waals surface area (Å²) in [5.41, 5.74) is 6.49. The van der Waals surface area contributed by atoms with Gasteiger partial charge in [0, 0.05) is 29.0 Å². The van der Waals surface area contributed by atoms with Crippen molar-refractivity contribution in [1.82, 2.24) is 14.9 Å². The van der Waals surface area contributed by atoms with E-state index < -0.39 is 5.60 Å². The van der Waals surface area contributed by atoms with Crippen LogP contribution in [-0.4, -0.2) is 45.7 Å². The third-order valence-corrected chi connectivity index (χ3v) is 6.08. The van der Waals surface area contributed by atoms with E-state index in [0.29, 0.717) is 6.04 Å². The fourth-order valence-corrected chi connectivity index (χ4v) is 4.31. The average molecular weight is 448 g/mol. The number of aromatic nitrogens is 2. The molecule has 1 spiro atoms. The van der Waals surface area contributed by atoms with Gasteiger partial charge in [0.15, 0.2) is 0 Å². The first-order valence-corrected chi connectivity index (χ1v) is 10.4.